The number of ether oxygens (including phenoxy) is 3. The summed E-state index contributed by atoms with van der Waals surface area (Å²) in [5, 5.41) is 46.3. The minimum atomic E-state index is -1.12. The SMILES string of the molecule is C/C=C/C(O)C(C)/C=C/C(=N\O)C(C)C(O)C(C)C1OC(=O)/C(OC)=C/C(C)=C/C(C)C(O)C(CC)CC(C)C/C(C)=C/C=C/C1OC. The average molecular weight is 674 g/mol. The van der Waals surface area contributed by atoms with Crippen molar-refractivity contribution in [1.82, 2.24) is 0 Å². The summed E-state index contributed by atoms with van der Waals surface area (Å²) in [6.45, 7) is 17.3. The zero-order valence-corrected chi connectivity index (χ0v) is 31.0. The number of rotatable bonds is 11. The number of aliphatic hydroxyl groups is 3. The Bertz CT molecular complexity index is 1200. The second kappa shape index (κ2) is 21.9. The molecule has 9 nitrogen and oxygen atoms in total. The van der Waals surface area contributed by atoms with Crippen LogP contribution in [0, 0.1) is 35.5 Å². The average Bonchev–Trinajstić information content (AvgIpc) is 3.05. The van der Waals surface area contributed by atoms with Gasteiger partial charge in [0.2, 0.25) is 5.76 Å². The Morgan fingerprint density at radius 3 is 2.38 bits per heavy atom. The van der Waals surface area contributed by atoms with E-state index in [-0.39, 0.29) is 29.2 Å². The second-order valence-corrected chi connectivity index (χ2v) is 13.6. The topological polar surface area (TPSA) is 138 Å². The molecule has 0 radical (unpaired) electrons. The van der Waals surface area contributed by atoms with Gasteiger partial charge in [-0.2, -0.15) is 0 Å². The highest BCUT2D eigenvalue weighted by Crippen LogP contribution is 2.30. The van der Waals surface area contributed by atoms with E-state index in [2.05, 4.69) is 25.9 Å². The quantitative estimate of drug-likeness (QED) is 0.0609. The number of oxime groups is 1. The summed E-state index contributed by atoms with van der Waals surface area (Å²) in [5.41, 5.74) is 2.11. The van der Waals surface area contributed by atoms with Crippen LogP contribution in [0.3, 0.4) is 0 Å². The monoisotopic (exact) mass is 673 g/mol. The number of carbonyl (C=O) groups is 1. The van der Waals surface area contributed by atoms with Gasteiger partial charge in [-0.1, -0.05) is 107 Å². The van der Waals surface area contributed by atoms with Crippen LogP contribution >= 0.6 is 0 Å². The Labute approximate surface area is 289 Å². The molecule has 0 saturated heterocycles. The van der Waals surface area contributed by atoms with Crippen molar-refractivity contribution in [2.24, 2.45) is 40.7 Å². The molecule has 0 bridgehead atoms. The molecule has 11 unspecified atom stereocenters. The first-order chi connectivity index (χ1) is 22.6. The van der Waals surface area contributed by atoms with Crippen LogP contribution < -0.4 is 0 Å². The third kappa shape index (κ3) is 13.5. The lowest BCUT2D eigenvalue weighted by molar-refractivity contribution is -0.161. The summed E-state index contributed by atoms with van der Waals surface area (Å²) in [6.07, 6.45) is 14.5. The van der Waals surface area contributed by atoms with Gasteiger partial charge in [-0.05, 0) is 57.6 Å². The zero-order valence-electron chi connectivity index (χ0n) is 31.0. The molecule has 4 N–H and O–H groups in total. The van der Waals surface area contributed by atoms with Crippen LogP contribution in [0.15, 0.2) is 76.7 Å². The molecule has 9 heteroatoms. The first-order valence-corrected chi connectivity index (χ1v) is 17.2. The van der Waals surface area contributed by atoms with Crippen molar-refractivity contribution >= 4 is 11.7 Å². The van der Waals surface area contributed by atoms with Gasteiger partial charge in [0.25, 0.3) is 0 Å². The Morgan fingerprint density at radius 1 is 1.15 bits per heavy atom. The van der Waals surface area contributed by atoms with Crippen LogP contribution in [0.5, 0.6) is 0 Å². The third-order valence-corrected chi connectivity index (χ3v) is 9.40. The molecule has 272 valence electrons. The fraction of sp³-hybridized carbons (Fsp3) is 0.641. The van der Waals surface area contributed by atoms with E-state index in [9.17, 15) is 25.3 Å². The number of hydrogen-bond acceptors (Lipinski definition) is 9. The van der Waals surface area contributed by atoms with E-state index in [4.69, 9.17) is 14.2 Å². The van der Waals surface area contributed by atoms with E-state index in [1.807, 2.05) is 45.9 Å². The standard InChI is InChI=1S/C39H63NO8/c1-12-15-33(41)27(6)18-19-32(40-45)29(8)37(43)30(9)38-34(46-10)17-14-16-24(3)20-25(4)22-31(13-2)36(42)28(7)21-26(5)23-35(47-11)39(44)48-38/h12,14-19,21,23,25,27-31,33-34,36-38,41-43,45H,13,20,22H2,1-11H3/b15-12+,17-14+,19-18+,24-16+,26-21+,35-23-,40-32+. The second-order valence-electron chi connectivity index (χ2n) is 13.6. The van der Waals surface area contributed by atoms with Crippen LogP contribution in [0.4, 0.5) is 0 Å². The van der Waals surface area contributed by atoms with E-state index in [0.29, 0.717) is 5.92 Å². The van der Waals surface area contributed by atoms with Gasteiger partial charge in [0.05, 0.1) is 31.1 Å². The van der Waals surface area contributed by atoms with E-state index < -0.39 is 48.3 Å². The molecule has 0 aromatic heterocycles. The van der Waals surface area contributed by atoms with Gasteiger partial charge in [-0.25, -0.2) is 4.79 Å². The predicted molar refractivity (Wildman–Crippen MR) is 192 cm³/mol. The zero-order chi connectivity index (χ0) is 36.6. The molecule has 1 heterocycles. The van der Waals surface area contributed by atoms with Gasteiger partial charge in [0.15, 0.2) is 0 Å². The van der Waals surface area contributed by atoms with Gasteiger partial charge >= 0.3 is 5.97 Å². The Hall–Kier alpha value is -2.98. The largest absolute Gasteiger partial charge is 0.490 e. The highest BCUT2D eigenvalue weighted by molar-refractivity contribution is 5.96. The Morgan fingerprint density at radius 2 is 1.81 bits per heavy atom. The minimum absolute atomic E-state index is 0.0317. The summed E-state index contributed by atoms with van der Waals surface area (Å²) in [4.78, 5) is 13.6. The molecular weight excluding hydrogens is 610 g/mol. The third-order valence-electron chi connectivity index (χ3n) is 9.40. The molecule has 1 rings (SSSR count). The Kier molecular flexibility index (Phi) is 19.6. The molecule has 0 aromatic carbocycles. The van der Waals surface area contributed by atoms with Gasteiger partial charge < -0.3 is 34.7 Å². The summed E-state index contributed by atoms with van der Waals surface area (Å²) in [5.74, 6) is -2.06. The smallest absolute Gasteiger partial charge is 0.373 e. The van der Waals surface area contributed by atoms with Crippen LogP contribution in [-0.2, 0) is 19.0 Å². The van der Waals surface area contributed by atoms with Crippen LogP contribution in [0.2, 0.25) is 0 Å². The molecule has 11 atom stereocenters. The maximum Gasteiger partial charge on any atom is 0.373 e. The summed E-state index contributed by atoms with van der Waals surface area (Å²) < 4.78 is 17.3. The van der Waals surface area contributed by atoms with E-state index in [1.165, 1.54) is 14.2 Å². The molecule has 0 spiro atoms. The number of allylic oxidation sites excluding steroid dienone is 7. The molecule has 0 saturated carbocycles. The van der Waals surface area contributed by atoms with Gasteiger partial charge in [0.1, 0.15) is 12.2 Å². The summed E-state index contributed by atoms with van der Waals surface area (Å²) in [7, 11) is 2.90. The van der Waals surface area contributed by atoms with Crippen molar-refractivity contribution in [3.8, 4) is 0 Å². The number of cyclic esters (lactones) is 1. The van der Waals surface area contributed by atoms with Gasteiger partial charge in [-0.3, -0.25) is 0 Å². The Balaban J connectivity index is 3.60. The minimum Gasteiger partial charge on any atom is -0.490 e. The fourth-order valence-corrected chi connectivity index (χ4v) is 6.31. The van der Waals surface area contributed by atoms with Crippen molar-refractivity contribution in [3.63, 3.8) is 0 Å². The van der Waals surface area contributed by atoms with E-state index in [0.717, 1.165) is 30.4 Å². The van der Waals surface area contributed by atoms with Crippen molar-refractivity contribution in [2.45, 2.75) is 112 Å². The lowest BCUT2D eigenvalue weighted by atomic mass is 9.81. The lowest BCUT2D eigenvalue weighted by Crippen LogP contribution is -2.45. The molecule has 0 aromatic rings. The molecule has 1 aliphatic rings. The van der Waals surface area contributed by atoms with E-state index in [1.54, 1.807) is 50.3 Å². The molecule has 48 heavy (non-hydrogen) atoms. The fourth-order valence-electron chi connectivity index (χ4n) is 6.31. The molecule has 0 fully saturated rings. The van der Waals surface area contributed by atoms with Crippen LogP contribution in [0.25, 0.3) is 0 Å². The number of aliphatic hydroxyl groups excluding tert-OH is 3. The summed E-state index contributed by atoms with van der Waals surface area (Å²) >= 11 is 0. The van der Waals surface area contributed by atoms with Crippen molar-refractivity contribution < 1.29 is 39.5 Å². The molecule has 0 amide bonds. The highest BCUT2D eigenvalue weighted by atomic mass is 16.6. The maximum absolute atomic E-state index is 13.6. The number of hydrogen-bond donors (Lipinski definition) is 4. The lowest BCUT2D eigenvalue weighted by Gasteiger charge is -2.34. The first kappa shape index (κ1) is 43.0. The molecule has 1 aliphatic heterocycles. The number of nitrogens with zero attached hydrogens (tertiary/aromatic N) is 1. The van der Waals surface area contributed by atoms with Crippen LogP contribution in [-0.4, -0.2) is 76.9 Å². The number of esters is 1. The summed E-state index contributed by atoms with van der Waals surface area (Å²) in [6, 6.07) is 0. The van der Waals surface area contributed by atoms with Crippen molar-refractivity contribution in [2.75, 3.05) is 14.2 Å². The predicted octanol–water partition coefficient (Wildman–Crippen LogP) is 6.94. The van der Waals surface area contributed by atoms with Crippen molar-refractivity contribution in [3.05, 3.63) is 71.6 Å². The van der Waals surface area contributed by atoms with Gasteiger partial charge in [-0.15, -0.1) is 0 Å². The molecule has 0 aliphatic carbocycles. The number of methoxy groups -OCH3 is 2. The van der Waals surface area contributed by atoms with Gasteiger partial charge in [0, 0.05) is 30.8 Å². The molecular formula is C39H63NO8. The van der Waals surface area contributed by atoms with Crippen LogP contribution in [0.1, 0.15) is 81.6 Å². The van der Waals surface area contributed by atoms with Crippen molar-refractivity contribution in [1.29, 1.82) is 0 Å². The number of carbonyl (C=O) groups excluding carboxylic acids is 1. The normalized spacial score (nSPS) is 33.1. The first-order valence-electron chi connectivity index (χ1n) is 17.2. The van der Waals surface area contributed by atoms with E-state index >= 15 is 0 Å². The highest BCUT2D eigenvalue weighted by Gasteiger charge is 2.38. The maximum atomic E-state index is 13.6.